The largest absolute Gasteiger partial charge is 0.467 e. The van der Waals surface area contributed by atoms with Gasteiger partial charge in [-0.15, -0.1) is 0 Å². The van der Waals surface area contributed by atoms with Crippen molar-refractivity contribution in [1.29, 1.82) is 0 Å². The molecule has 0 aromatic heterocycles. The van der Waals surface area contributed by atoms with Gasteiger partial charge in [-0.1, -0.05) is 60.7 Å². The van der Waals surface area contributed by atoms with Crippen molar-refractivity contribution < 1.29 is 23.9 Å². The number of nitrogens with one attached hydrogen (secondary N) is 2. The minimum atomic E-state index is -0.920. The van der Waals surface area contributed by atoms with Crippen molar-refractivity contribution in [1.82, 2.24) is 10.6 Å². The number of amides is 2. The van der Waals surface area contributed by atoms with Crippen LogP contribution < -0.4 is 10.6 Å². The van der Waals surface area contributed by atoms with Crippen LogP contribution in [-0.4, -0.2) is 42.8 Å². The van der Waals surface area contributed by atoms with Gasteiger partial charge in [-0.3, -0.25) is 4.79 Å². The van der Waals surface area contributed by atoms with E-state index < -0.39 is 35.7 Å². The Bertz CT molecular complexity index is 878. The zero-order valence-electron chi connectivity index (χ0n) is 19.1. The van der Waals surface area contributed by atoms with Crippen LogP contribution in [0.1, 0.15) is 38.3 Å². The summed E-state index contributed by atoms with van der Waals surface area (Å²) in [5.74, 6) is -1.02. The van der Waals surface area contributed by atoms with Crippen LogP contribution in [0.3, 0.4) is 0 Å². The number of alkyl carbamates (subject to hydrolysis) is 1. The number of rotatable bonds is 9. The molecule has 0 spiro atoms. The summed E-state index contributed by atoms with van der Waals surface area (Å²) in [5, 5.41) is 5.38. The molecule has 0 aliphatic carbocycles. The Labute approximate surface area is 189 Å². The van der Waals surface area contributed by atoms with Crippen molar-refractivity contribution in [2.45, 2.75) is 57.7 Å². The zero-order valence-corrected chi connectivity index (χ0v) is 19.1. The average molecular weight is 441 g/mol. The van der Waals surface area contributed by atoms with Crippen molar-refractivity contribution in [3.8, 4) is 0 Å². The van der Waals surface area contributed by atoms with Gasteiger partial charge in [0, 0.05) is 6.42 Å². The highest BCUT2D eigenvalue weighted by atomic mass is 16.6. The van der Waals surface area contributed by atoms with Crippen molar-refractivity contribution in [3.63, 3.8) is 0 Å². The van der Waals surface area contributed by atoms with Crippen LogP contribution >= 0.6 is 0 Å². The van der Waals surface area contributed by atoms with Crippen molar-refractivity contribution in [2.24, 2.45) is 0 Å². The Hall–Kier alpha value is -3.35. The summed E-state index contributed by atoms with van der Waals surface area (Å²) in [6.45, 7) is 5.24. The summed E-state index contributed by atoms with van der Waals surface area (Å²) in [4.78, 5) is 37.8. The zero-order chi connectivity index (χ0) is 23.6. The average Bonchev–Trinajstić information content (AvgIpc) is 2.75. The summed E-state index contributed by atoms with van der Waals surface area (Å²) in [5.41, 5.74) is 1.20. The molecule has 0 radical (unpaired) electrons. The van der Waals surface area contributed by atoms with Gasteiger partial charge in [0.25, 0.3) is 0 Å². The summed E-state index contributed by atoms with van der Waals surface area (Å²) >= 11 is 0. The molecule has 0 aliphatic heterocycles. The van der Waals surface area contributed by atoms with Crippen LogP contribution in [0.2, 0.25) is 0 Å². The molecule has 2 atom stereocenters. The molecule has 172 valence electrons. The number of hydrogen-bond donors (Lipinski definition) is 2. The molecule has 7 nitrogen and oxygen atoms in total. The Kier molecular flexibility index (Phi) is 9.25. The molecule has 0 saturated carbocycles. The molecule has 2 aromatic rings. The first-order chi connectivity index (χ1) is 15.2. The number of ether oxygens (including phenoxy) is 2. The minimum absolute atomic E-state index is 0.249. The van der Waals surface area contributed by atoms with Crippen molar-refractivity contribution in [3.05, 3.63) is 71.8 Å². The van der Waals surface area contributed by atoms with Crippen molar-refractivity contribution in [2.75, 3.05) is 7.11 Å². The SMILES string of the molecule is COC(=O)[C@@H](CCc1ccccc1)NC(=O)[C@@H](Cc1ccccc1)NC(=O)OC(C)(C)C. The van der Waals surface area contributed by atoms with Crippen molar-refractivity contribution >= 4 is 18.0 Å². The monoisotopic (exact) mass is 440 g/mol. The Morgan fingerprint density at radius 2 is 1.41 bits per heavy atom. The molecule has 0 heterocycles. The molecule has 32 heavy (non-hydrogen) atoms. The van der Waals surface area contributed by atoms with Gasteiger partial charge < -0.3 is 20.1 Å². The third kappa shape index (κ3) is 8.79. The van der Waals surface area contributed by atoms with Gasteiger partial charge in [-0.05, 0) is 44.7 Å². The molecule has 0 aliphatic rings. The number of aryl methyl sites for hydroxylation is 1. The molecule has 2 rings (SSSR count). The number of benzene rings is 2. The van der Waals surface area contributed by atoms with E-state index in [2.05, 4.69) is 10.6 Å². The van der Waals surface area contributed by atoms with Crippen LogP contribution in [0.5, 0.6) is 0 Å². The lowest BCUT2D eigenvalue weighted by atomic mass is 10.0. The van der Waals surface area contributed by atoms with E-state index in [1.807, 2.05) is 60.7 Å². The fourth-order valence-electron chi connectivity index (χ4n) is 3.13. The van der Waals surface area contributed by atoms with Gasteiger partial charge in [0.15, 0.2) is 0 Å². The second-order valence-electron chi connectivity index (χ2n) is 8.50. The molecule has 0 saturated heterocycles. The van der Waals surface area contributed by atoms with E-state index in [4.69, 9.17) is 9.47 Å². The first kappa shape index (κ1) is 24.9. The van der Waals surface area contributed by atoms with E-state index in [9.17, 15) is 14.4 Å². The minimum Gasteiger partial charge on any atom is -0.467 e. The first-order valence-electron chi connectivity index (χ1n) is 10.6. The van der Waals surface area contributed by atoms with Gasteiger partial charge in [0.05, 0.1) is 7.11 Å². The number of hydrogen-bond acceptors (Lipinski definition) is 5. The van der Waals surface area contributed by atoms with Gasteiger partial charge in [-0.25, -0.2) is 9.59 Å². The molecule has 0 unspecified atom stereocenters. The van der Waals surface area contributed by atoms with Crippen LogP contribution in [0.4, 0.5) is 4.79 Å². The van der Waals surface area contributed by atoms with Crippen LogP contribution in [-0.2, 0) is 31.9 Å². The van der Waals surface area contributed by atoms with Gasteiger partial charge in [0.2, 0.25) is 5.91 Å². The quantitative estimate of drug-likeness (QED) is 0.583. The normalized spacial score (nSPS) is 12.9. The first-order valence-corrected chi connectivity index (χ1v) is 10.6. The standard InChI is InChI=1S/C25H32N2O5/c1-25(2,3)32-24(30)27-21(17-19-13-9-6-10-14-19)22(28)26-20(23(29)31-4)16-15-18-11-7-5-8-12-18/h5-14,20-21H,15-17H2,1-4H3,(H,26,28)(H,27,30)/t20-,21-/m1/s1. The Balaban J connectivity index is 2.12. The maximum Gasteiger partial charge on any atom is 0.408 e. The fourth-order valence-corrected chi connectivity index (χ4v) is 3.13. The molecule has 0 bridgehead atoms. The van der Waals surface area contributed by atoms with Crippen LogP contribution in [0.15, 0.2) is 60.7 Å². The van der Waals surface area contributed by atoms with Gasteiger partial charge in [-0.2, -0.15) is 0 Å². The summed E-state index contributed by atoms with van der Waals surface area (Å²) in [7, 11) is 1.28. The van der Waals surface area contributed by atoms with Crippen LogP contribution in [0, 0.1) is 0 Å². The number of carbonyl (C=O) groups is 3. The molecule has 2 amide bonds. The van der Waals surface area contributed by atoms with E-state index >= 15 is 0 Å². The molecule has 2 aromatic carbocycles. The number of methoxy groups -OCH3 is 1. The van der Waals surface area contributed by atoms with Gasteiger partial charge in [0.1, 0.15) is 17.7 Å². The Morgan fingerprint density at radius 3 is 1.94 bits per heavy atom. The number of esters is 1. The molecule has 2 N–H and O–H groups in total. The number of carbonyl (C=O) groups excluding carboxylic acids is 3. The van der Waals surface area contributed by atoms with E-state index in [1.54, 1.807) is 20.8 Å². The third-order valence-corrected chi connectivity index (χ3v) is 4.66. The third-order valence-electron chi connectivity index (χ3n) is 4.66. The highest BCUT2D eigenvalue weighted by Crippen LogP contribution is 2.10. The van der Waals surface area contributed by atoms with E-state index in [-0.39, 0.29) is 6.42 Å². The predicted octanol–water partition coefficient (Wildman–Crippen LogP) is 3.41. The lowest BCUT2D eigenvalue weighted by Crippen LogP contribution is -2.53. The lowest BCUT2D eigenvalue weighted by Gasteiger charge is -2.25. The molecule has 0 fully saturated rings. The maximum absolute atomic E-state index is 13.1. The highest BCUT2D eigenvalue weighted by Gasteiger charge is 2.29. The Morgan fingerprint density at radius 1 is 0.844 bits per heavy atom. The molecular weight excluding hydrogens is 408 g/mol. The second kappa shape index (κ2) is 11.9. The van der Waals surface area contributed by atoms with E-state index in [0.29, 0.717) is 12.8 Å². The van der Waals surface area contributed by atoms with E-state index in [0.717, 1.165) is 11.1 Å². The van der Waals surface area contributed by atoms with Crippen LogP contribution in [0.25, 0.3) is 0 Å². The highest BCUT2D eigenvalue weighted by molar-refractivity contribution is 5.89. The molecule has 7 heteroatoms. The maximum atomic E-state index is 13.1. The fraction of sp³-hybridized carbons (Fsp3) is 0.400. The predicted molar refractivity (Wildman–Crippen MR) is 122 cm³/mol. The topological polar surface area (TPSA) is 93.7 Å². The lowest BCUT2D eigenvalue weighted by molar-refractivity contribution is -0.145. The summed E-state index contributed by atoms with van der Waals surface area (Å²) in [6.07, 6.45) is 0.502. The summed E-state index contributed by atoms with van der Waals surface area (Å²) in [6, 6.07) is 17.2. The van der Waals surface area contributed by atoms with Gasteiger partial charge >= 0.3 is 12.1 Å². The van der Waals surface area contributed by atoms with E-state index in [1.165, 1.54) is 7.11 Å². The smallest absolute Gasteiger partial charge is 0.408 e. The summed E-state index contributed by atoms with van der Waals surface area (Å²) < 4.78 is 10.2. The second-order valence-corrected chi connectivity index (χ2v) is 8.50. The molecular formula is C25H32N2O5.